The van der Waals surface area contributed by atoms with Gasteiger partial charge in [0.05, 0.1) is 6.10 Å². The van der Waals surface area contributed by atoms with E-state index in [0.717, 1.165) is 28.3 Å². The molecule has 1 heterocycles. The van der Waals surface area contributed by atoms with Gasteiger partial charge in [0.1, 0.15) is 11.5 Å². The lowest BCUT2D eigenvalue weighted by Gasteiger charge is -2.12. The summed E-state index contributed by atoms with van der Waals surface area (Å²) in [5.74, 6) is 1.49. The minimum atomic E-state index is -0.644. The summed E-state index contributed by atoms with van der Waals surface area (Å²) in [5.41, 5.74) is 3.85. The summed E-state index contributed by atoms with van der Waals surface area (Å²) >= 11 is 0. The molecular weight excluding hydrogens is 292 g/mol. The Morgan fingerprint density at radius 3 is 2.52 bits per heavy atom. The van der Waals surface area contributed by atoms with E-state index < -0.39 is 6.10 Å². The number of aliphatic hydroxyl groups is 1. The number of carbonyl (C=O) groups excluding carboxylic acids is 1. The van der Waals surface area contributed by atoms with Gasteiger partial charge in [-0.2, -0.15) is 0 Å². The van der Waals surface area contributed by atoms with Crippen LogP contribution in [0.25, 0.3) is 0 Å². The molecule has 1 unspecified atom stereocenters. The Kier molecular flexibility index (Phi) is 5.45. The molecule has 5 nitrogen and oxygen atoms in total. The molecule has 3 N–H and O–H groups in total. The van der Waals surface area contributed by atoms with E-state index in [4.69, 9.17) is 4.42 Å². The van der Waals surface area contributed by atoms with E-state index in [1.165, 1.54) is 5.56 Å². The van der Waals surface area contributed by atoms with Gasteiger partial charge in [0.25, 0.3) is 0 Å². The summed E-state index contributed by atoms with van der Waals surface area (Å²) in [5, 5.41) is 15.7. The summed E-state index contributed by atoms with van der Waals surface area (Å²) < 4.78 is 5.40. The zero-order chi connectivity index (χ0) is 17.0. The van der Waals surface area contributed by atoms with E-state index >= 15 is 0 Å². The fraction of sp³-hybridized carbons (Fsp3) is 0.389. The van der Waals surface area contributed by atoms with E-state index in [-0.39, 0.29) is 6.03 Å². The van der Waals surface area contributed by atoms with Gasteiger partial charge >= 0.3 is 6.03 Å². The Bertz CT molecular complexity index is 692. The summed E-state index contributed by atoms with van der Waals surface area (Å²) in [6.07, 6.45) is -0.213. The third-order valence-corrected chi connectivity index (χ3v) is 3.91. The molecule has 0 spiro atoms. The van der Waals surface area contributed by atoms with Crippen LogP contribution in [-0.2, 0) is 0 Å². The van der Waals surface area contributed by atoms with Gasteiger partial charge in [0.15, 0.2) is 0 Å². The van der Waals surface area contributed by atoms with E-state index in [1.807, 2.05) is 52.0 Å². The third kappa shape index (κ3) is 4.60. The molecule has 0 bridgehead atoms. The predicted octanol–water partition coefficient (Wildman–Crippen LogP) is 3.76. The molecule has 5 heteroatoms. The molecule has 124 valence electrons. The van der Waals surface area contributed by atoms with Gasteiger partial charge in [0, 0.05) is 17.8 Å². The zero-order valence-electron chi connectivity index (χ0n) is 14.1. The van der Waals surface area contributed by atoms with Crippen LogP contribution in [-0.4, -0.2) is 17.7 Å². The second-order valence-electron chi connectivity index (χ2n) is 5.85. The summed E-state index contributed by atoms with van der Waals surface area (Å²) in [6.45, 7) is 8.08. The van der Waals surface area contributed by atoms with Crippen molar-refractivity contribution in [1.82, 2.24) is 5.32 Å². The third-order valence-electron chi connectivity index (χ3n) is 3.91. The summed E-state index contributed by atoms with van der Waals surface area (Å²) in [6, 6.07) is 7.32. The fourth-order valence-electron chi connectivity index (χ4n) is 2.45. The van der Waals surface area contributed by atoms with Crippen LogP contribution in [0.5, 0.6) is 0 Å². The fourth-order valence-corrected chi connectivity index (χ4v) is 2.45. The van der Waals surface area contributed by atoms with Crippen molar-refractivity contribution < 1.29 is 14.3 Å². The van der Waals surface area contributed by atoms with Crippen molar-refractivity contribution in [3.05, 3.63) is 52.5 Å². The van der Waals surface area contributed by atoms with E-state index in [2.05, 4.69) is 10.6 Å². The van der Waals surface area contributed by atoms with E-state index in [9.17, 15) is 9.90 Å². The summed E-state index contributed by atoms with van der Waals surface area (Å²) in [7, 11) is 0. The molecule has 23 heavy (non-hydrogen) atoms. The second kappa shape index (κ2) is 7.33. The Labute approximate surface area is 136 Å². The smallest absolute Gasteiger partial charge is 0.319 e. The molecule has 2 rings (SSSR count). The minimum absolute atomic E-state index is 0.277. The molecular formula is C18H24N2O3. The normalized spacial score (nSPS) is 12.0. The standard InChI is InChI=1S/C18H24N2O3/c1-11-5-6-15(9-12(11)2)20-18(22)19-8-7-17(21)16-10-13(3)23-14(16)4/h5-6,9-10,17,21H,7-8H2,1-4H3,(H2,19,20,22). The van der Waals surface area contributed by atoms with Crippen molar-refractivity contribution in [2.45, 2.75) is 40.2 Å². The van der Waals surface area contributed by atoms with Crippen LogP contribution in [0.2, 0.25) is 0 Å². The van der Waals surface area contributed by atoms with Crippen LogP contribution in [0.15, 0.2) is 28.7 Å². The van der Waals surface area contributed by atoms with Crippen molar-refractivity contribution in [2.24, 2.45) is 0 Å². The molecule has 0 saturated carbocycles. The van der Waals surface area contributed by atoms with Crippen LogP contribution in [0, 0.1) is 27.7 Å². The maximum absolute atomic E-state index is 11.9. The lowest BCUT2D eigenvalue weighted by molar-refractivity contribution is 0.165. The van der Waals surface area contributed by atoms with Gasteiger partial charge in [-0.1, -0.05) is 6.07 Å². The summed E-state index contributed by atoms with van der Waals surface area (Å²) in [4.78, 5) is 11.9. The number of carbonyl (C=O) groups is 1. The quantitative estimate of drug-likeness (QED) is 0.786. The Morgan fingerprint density at radius 1 is 1.17 bits per heavy atom. The van der Waals surface area contributed by atoms with Crippen LogP contribution in [0.1, 0.15) is 40.7 Å². The molecule has 1 aromatic carbocycles. The van der Waals surface area contributed by atoms with Crippen molar-refractivity contribution in [3.8, 4) is 0 Å². The number of amides is 2. The predicted molar refractivity (Wildman–Crippen MR) is 90.7 cm³/mol. The Hall–Kier alpha value is -2.27. The SMILES string of the molecule is Cc1cc(C(O)CCNC(=O)Nc2ccc(C)c(C)c2)c(C)o1. The Balaban J connectivity index is 1.80. The van der Waals surface area contributed by atoms with Gasteiger partial charge in [-0.05, 0) is 63.4 Å². The highest BCUT2D eigenvalue weighted by molar-refractivity contribution is 5.89. The van der Waals surface area contributed by atoms with Gasteiger partial charge in [-0.25, -0.2) is 4.79 Å². The number of benzene rings is 1. The lowest BCUT2D eigenvalue weighted by atomic mass is 10.1. The number of aryl methyl sites for hydroxylation is 4. The average molecular weight is 316 g/mol. The zero-order valence-corrected chi connectivity index (χ0v) is 14.1. The van der Waals surface area contributed by atoms with Crippen molar-refractivity contribution in [2.75, 3.05) is 11.9 Å². The molecule has 0 aliphatic carbocycles. The first-order valence-corrected chi connectivity index (χ1v) is 7.74. The number of rotatable bonds is 5. The van der Waals surface area contributed by atoms with Gasteiger partial charge in [-0.15, -0.1) is 0 Å². The molecule has 0 fully saturated rings. The van der Waals surface area contributed by atoms with Crippen LogP contribution in [0.3, 0.4) is 0 Å². The molecule has 2 amide bonds. The largest absolute Gasteiger partial charge is 0.466 e. The van der Waals surface area contributed by atoms with Gasteiger partial charge in [-0.3, -0.25) is 0 Å². The number of furan rings is 1. The molecule has 0 saturated heterocycles. The lowest BCUT2D eigenvalue weighted by Crippen LogP contribution is -2.30. The monoisotopic (exact) mass is 316 g/mol. The molecule has 1 atom stereocenters. The number of hydrogen-bond donors (Lipinski definition) is 3. The second-order valence-corrected chi connectivity index (χ2v) is 5.85. The van der Waals surface area contributed by atoms with Crippen LogP contribution in [0.4, 0.5) is 10.5 Å². The Morgan fingerprint density at radius 2 is 1.91 bits per heavy atom. The number of urea groups is 1. The van der Waals surface area contributed by atoms with E-state index in [0.29, 0.717) is 13.0 Å². The van der Waals surface area contributed by atoms with Crippen molar-refractivity contribution >= 4 is 11.7 Å². The first kappa shape index (κ1) is 17.1. The highest BCUT2D eigenvalue weighted by atomic mass is 16.3. The molecule has 1 aromatic heterocycles. The number of anilines is 1. The maximum atomic E-state index is 11.9. The van der Waals surface area contributed by atoms with Crippen molar-refractivity contribution in [3.63, 3.8) is 0 Å². The van der Waals surface area contributed by atoms with E-state index in [1.54, 1.807) is 0 Å². The highest BCUT2D eigenvalue weighted by Crippen LogP contribution is 2.23. The molecule has 0 aliphatic heterocycles. The number of hydrogen-bond acceptors (Lipinski definition) is 3. The minimum Gasteiger partial charge on any atom is -0.466 e. The van der Waals surface area contributed by atoms with Crippen LogP contribution < -0.4 is 10.6 Å². The highest BCUT2D eigenvalue weighted by Gasteiger charge is 2.14. The number of nitrogens with one attached hydrogen (secondary N) is 2. The first-order valence-electron chi connectivity index (χ1n) is 7.74. The number of aliphatic hydroxyl groups excluding tert-OH is 1. The molecule has 0 aliphatic rings. The molecule has 2 aromatic rings. The topological polar surface area (TPSA) is 74.5 Å². The van der Waals surface area contributed by atoms with Crippen molar-refractivity contribution in [1.29, 1.82) is 0 Å². The maximum Gasteiger partial charge on any atom is 0.319 e. The first-order chi connectivity index (χ1) is 10.9. The van der Waals surface area contributed by atoms with Gasteiger partial charge in [0.2, 0.25) is 0 Å². The van der Waals surface area contributed by atoms with Crippen LogP contribution >= 0.6 is 0 Å². The average Bonchev–Trinajstić information content (AvgIpc) is 2.81. The molecule has 0 radical (unpaired) electrons. The van der Waals surface area contributed by atoms with Gasteiger partial charge < -0.3 is 20.2 Å².